The first-order valence-corrected chi connectivity index (χ1v) is 9.33. The van der Waals surface area contributed by atoms with E-state index in [1.165, 1.54) is 0 Å². The number of carbonyl (C=O) groups excluding carboxylic acids is 3. The maximum atomic E-state index is 12.4. The van der Waals surface area contributed by atoms with Gasteiger partial charge in [-0.2, -0.15) is 0 Å². The predicted octanol–water partition coefficient (Wildman–Crippen LogP) is 3.16. The Bertz CT molecular complexity index is 505. The zero-order valence-electron chi connectivity index (χ0n) is 17.7. The van der Waals surface area contributed by atoms with Gasteiger partial charge < -0.3 is 20.1 Å². The van der Waals surface area contributed by atoms with Crippen LogP contribution in [0.3, 0.4) is 0 Å². The molecule has 2 amide bonds. The Morgan fingerprint density at radius 3 is 1.96 bits per heavy atom. The molecule has 0 radical (unpaired) electrons. The summed E-state index contributed by atoms with van der Waals surface area (Å²) in [6.07, 6.45) is 0.743. The van der Waals surface area contributed by atoms with E-state index in [4.69, 9.17) is 9.47 Å². The molecule has 1 rings (SSSR count). The fourth-order valence-corrected chi connectivity index (χ4v) is 2.43. The normalized spacial score (nSPS) is 16.3. The Labute approximate surface area is 157 Å². The van der Waals surface area contributed by atoms with Gasteiger partial charge in [0.1, 0.15) is 11.6 Å². The Balaban J connectivity index is 0.00000301. The average Bonchev–Trinajstić information content (AvgIpc) is 3.28. The minimum atomic E-state index is -0.829. The summed E-state index contributed by atoms with van der Waals surface area (Å²) in [6, 6.07) is -0.768. The third-order valence-electron chi connectivity index (χ3n) is 4.22. The maximum Gasteiger partial charge on any atom is 0.408 e. The number of amides is 2. The van der Waals surface area contributed by atoms with Crippen molar-refractivity contribution in [2.24, 2.45) is 5.41 Å². The predicted molar refractivity (Wildman–Crippen MR) is 101 cm³/mol. The van der Waals surface area contributed by atoms with E-state index >= 15 is 0 Å². The van der Waals surface area contributed by atoms with E-state index in [1.807, 2.05) is 13.8 Å². The number of hydrogen-bond donors (Lipinski definition) is 2. The minimum Gasteiger partial charge on any atom is -0.466 e. The second-order valence-electron chi connectivity index (χ2n) is 7.78. The molecular formula is C19H36N2O5. The number of hydrogen-bond acceptors (Lipinski definition) is 5. The molecule has 2 N–H and O–H groups in total. The summed E-state index contributed by atoms with van der Waals surface area (Å²) < 4.78 is 10.3. The average molecular weight is 373 g/mol. The Kier molecular flexibility index (Phi) is 8.60. The summed E-state index contributed by atoms with van der Waals surface area (Å²) >= 11 is 0. The zero-order chi connectivity index (χ0) is 20.8. The van der Waals surface area contributed by atoms with Crippen molar-refractivity contribution in [3.63, 3.8) is 0 Å². The van der Waals surface area contributed by atoms with Gasteiger partial charge in [-0.1, -0.05) is 13.8 Å². The van der Waals surface area contributed by atoms with Crippen molar-refractivity contribution in [3.8, 4) is 0 Å². The number of ether oxygens (including phenoxy) is 2. The van der Waals surface area contributed by atoms with Crippen LogP contribution in [0, 0.1) is 5.41 Å². The molecule has 7 nitrogen and oxygen atoms in total. The number of carbonyl (C=O) groups is 3. The highest BCUT2D eigenvalue weighted by atomic mass is 16.6. The van der Waals surface area contributed by atoms with Gasteiger partial charge in [0, 0.05) is 0 Å². The topological polar surface area (TPSA) is 93.7 Å². The second-order valence-corrected chi connectivity index (χ2v) is 7.78. The molecule has 0 aromatic rings. The highest BCUT2D eigenvalue weighted by Gasteiger charge is 2.60. The van der Waals surface area contributed by atoms with Crippen molar-refractivity contribution in [3.05, 3.63) is 0 Å². The summed E-state index contributed by atoms with van der Waals surface area (Å²) in [5, 5.41) is 5.41. The van der Waals surface area contributed by atoms with Crippen LogP contribution in [0.5, 0.6) is 0 Å². The number of rotatable bonds is 6. The molecule has 0 aromatic carbocycles. The second kappa shape index (κ2) is 9.24. The quantitative estimate of drug-likeness (QED) is 0.699. The van der Waals surface area contributed by atoms with E-state index in [9.17, 15) is 14.4 Å². The lowest BCUT2D eigenvalue weighted by atomic mass is 9.81. The molecule has 1 atom stereocenters. The molecule has 1 unspecified atom stereocenters. The van der Waals surface area contributed by atoms with E-state index < -0.39 is 28.7 Å². The van der Waals surface area contributed by atoms with E-state index in [-0.39, 0.29) is 11.9 Å². The molecule has 0 spiro atoms. The monoisotopic (exact) mass is 372 g/mol. The molecule has 1 saturated carbocycles. The van der Waals surface area contributed by atoms with Crippen LogP contribution in [0.4, 0.5) is 4.79 Å². The van der Waals surface area contributed by atoms with Crippen molar-refractivity contribution in [1.82, 2.24) is 10.6 Å². The lowest BCUT2D eigenvalue weighted by Crippen LogP contribution is -2.56. The van der Waals surface area contributed by atoms with Crippen molar-refractivity contribution in [2.75, 3.05) is 6.61 Å². The molecule has 152 valence electrons. The van der Waals surface area contributed by atoms with Crippen LogP contribution in [0.25, 0.3) is 0 Å². The summed E-state index contributed by atoms with van der Waals surface area (Å²) in [5.41, 5.74) is -2.09. The fraction of sp³-hybridized carbons (Fsp3) is 0.842. The molecule has 0 aliphatic heterocycles. The zero-order valence-corrected chi connectivity index (χ0v) is 17.7. The van der Waals surface area contributed by atoms with Gasteiger partial charge in [0.15, 0.2) is 0 Å². The van der Waals surface area contributed by atoms with E-state index in [2.05, 4.69) is 10.6 Å². The molecule has 0 aromatic heterocycles. The number of alkyl carbamates (subject to hydrolysis) is 1. The summed E-state index contributed by atoms with van der Waals surface area (Å²) in [4.78, 5) is 36.3. The van der Waals surface area contributed by atoms with Crippen LogP contribution in [-0.4, -0.2) is 41.8 Å². The first-order valence-electron chi connectivity index (χ1n) is 9.33. The van der Waals surface area contributed by atoms with Crippen LogP contribution in [0.15, 0.2) is 0 Å². The van der Waals surface area contributed by atoms with E-state index in [1.54, 1.807) is 48.5 Å². The van der Waals surface area contributed by atoms with Gasteiger partial charge in [-0.25, -0.2) is 4.79 Å². The molecule has 1 aliphatic carbocycles. The molecule has 0 bridgehead atoms. The third kappa shape index (κ3) is 6.50. The summed E-state index contributed by atoms with van der Waals surface area (Å²) in [7, 11) is 0. The van der Waals surface area contributed by atoms with Gasteiger partial charge in [-0.05, 0) is 61.3 Å². The third-order valence-corrected chi connectivity index (χ3v) is 4.22. The minimum absolute atomic E-state index is 0.295. The molecule has 7 heteroatoms. The first-order chi connectivity index (χ1) is 11.8. The van der Waals surface area contributed by atoms with Crippen molar-refractivity contribution in [1.29, 1.82) is 0 Å². The molecule has 0 saturated heterocycles. The largest absolute Gasteiger partial charge is 0.466 e. The van der Waals surface area contributed by atoms with Crippen LogP contribution in [0.1, 0.15) is 75.2 Å². The maximum absolute atomic E-state index is 12.4. The van der Waals surface area contributed by atoms with Crippen molar-refractivity contribution in [2.45, 2.75) is 92.3 Å². The van der Waals surface area contributed by atoms with Gasteiger partial charge in [-0.15, -0.1) is 0 Å². The van der Waals surface area contributed by atoms with Crippen LogP contribution < -0.4 is 10.6 Å². The SMILES string of the molecule is CC.CCOC(=O)C(C)(C)C1(NC(=O)C(C)NC(=O)OC(C)(C)C)CC1. The Morgan fingerprint density at radius 2 is 1.58 bits per heavy atom. The summed E-state index contributed by atoms with van der Waals surface area (Å²) in [6.45, 7) is 16.4. The highest BCUT2D eigenvalue weighted by Crippen LogP contribution is 2.50. The van der Waals surface area contributed by atoms with Gasteiger partial charge in [0.25, 0.3) is 0 Å². The van der Waals surface area contributed by atoms with Crippen molar-refractivity contribution < 1.29 is 23.9 Å². The molecule has 26 heavy (non-hydrogen) atoms. The fourth-order valence-electron chi connectivity index (χ4n) is 2.43. The van der Waals surface area contributed by atoms with Crippen molar-refractivity contribution >= 4 is 18.0 Å². The summed E-state index contributed by atoms with van der Waals surface area (Å²) in [5.74, 6) is -0.689. The molecular weight excluding hydrogens is 336 g/mol. The Morgan fingerprint density at radius 1 is 1.08 bits per heavy atom. The number of esters is 1. The van der Waals surface area contributed by atoms with Crippen LogP contribution >= 0.6 is 0 Å². The van der Waals surface area contributed by atoms with Gasteiger partial charge in [0.2, 0.25) is 5.91 Å². The lowest BCUT2D eigenvalue weighted by molar-refractivity contribution is -0.156. The standard InChI is InChI=1S/C17H30N2O5.C2H6/c1-8-23-13(21)16(6,7)17(9-10-17)19-12(20)11(2)18-14(22)24-15(3,4)5;1-2/h11H,8-10H2,1-7H3,(H,18,22)(H,19,20);1-2H3. The smallest absolute Gasteiger partial charge is 0.408 e. The van der Waals surface area contributed by atoms with E-state index in [0.29, 0.717) is 19.4 Å². The van der Waals surface area contributed by atoms with Crippen LogP contribution in [0.2, 0.25) is 0 Å². The first kappa shape index (κ1) is 24.2. The molecule has 1 fully saturated rings. The molecule has 0 heterocycles. The van der Waals surface area contributed by atoms with E-state index in [0.717, 1.165) is 0 Å². The van der Waals surface area contributed by atoms with Gasteiger partial charge in [-0.3, -0.25) is 9.59 Å². The van der Waals surface area contributed by atoms with Gasteiger partial charge in [0.05, 0.1) is 17.6 Å². The highest BCUT2D eigenvalue weighted by molar-refractivity contribution is 5.88. The Hall–Kier alpha value is -1.79. The van der Waals surface area contributed by atoms with Crippen LogP contribution in [-0.2, 0) is 19.1 Å². The van der Waals surface area contributed by atoms with Gasteiger partial charge >= 0.3 is 12.1 Å². The number of nitrogens with one attached hydrogen (secondary N) is 2. The molecule has 1 aliphatic rings. The lowest BCUT2D eigenvalue weighted by Gasteiger charge is -2.34.